The summed E-state index contributed by atoms with van der Waals surface area (Å²) in [6.45, 7) is 0.213. The van der Waals surface area contributed by atoms with Crippen LogP contribution >= 0.6 is 0 Å². The van der Waals surface area contributed by atoms with Gasteiger partial charge in [0.2, 0.25) is 5.72 Å². The molecule has 0 saturated carbocycles. The van der Waals surface area contributed by atoms with E-state index in [4.69, 9.17) is 29.2 Å². The van der Waals surface area contributed by atoms with Crippen LogP contribution in [0.1, 0.15) is 5.56 Å². The maximum atomic E-state index is 9.14. The third kappa shape index (κ3) is 4.17. The Labute approximate surface area is 153 Å². The van der Waals surface area contributed by atoms with Crippen molar-refractivity contribution in [2.75, 3.05) is 35.0 Å². The van der Waals surface area contributed by atoms with Crippen LogP contribution < -0.4 is 0 Å². The first kappa shape index (κ1) is 20.2. The Kier molecular flexibility index (Phi) is 7.42. The van der Waals surface area contributed by atoms with Gasteiger partial charge in [-0.3, -0.25) is 0 Å². The van der Waals surface area contributed by atoms with E-state index in [0.29, 0.717) is 0 Å². The maximum absolute atomic E-state index is 9.14. The minimum Gasteiger partial charge on any atom is -0.382 e. The summed E-state index contributed by atoms with van der Waals surface area (Å²) in [6, 6.07) is 9.32. The molecule has 1 heterocycles. The van der Waals surface area contributed by atoms with Crippen LogP contribution in [0.25, 0.3) is 10.4 Å². The third-order valence-electron chi connectivity index (χ3n) is 4.19. The zero-order valence-electron chi connectivity index (χ0n) is 15.3. The van der Waals surface area contributed by atoms with Gasteiger partial charge in [-0.15, -0.1) is 0 Å². The van der Waals surface area contributed by atoms with E-state index in [1.54, 1.807) is 14.2 Å². The summed E-state index contributed by atoms with van der Waals surface area (Å²) in [5.74, 6) is 5.93. The van der Waals surface area contributed by atoms with Gasteiger partial charge in [-0.25, -0.2) is 0 Å². The maximum Gasteiger partial charge on any atom is 0.237 e. The zero-order valence-corrected chi connectivity index (χ0v) is 15.3. The SMILES string of the molecule is COC[C@H]1O[C@@](C#Cc2ccccc2)(N=[N+]=[N-])[C@H](OC)[C@@H](OC)[C@@H]1OC. The lowest BCUT2D eigenvalue weighted by atomic mass is 9.90. The summed E-state index contributed by atoms with van der Waals surface area (Å²) in [5, 5.41) is 3.85. The lowest BCUT2D eigenvalue weighted by Gasteiger charge is -2.47. The quantitative estimate of drug-likeness (QED) is 0.335. The molecule has 1 aromatic carbocycles. The topological polar surface area (TPSA) is 94.9 Å². The molecular weight excluding hydrogens is 338 g/mol. The Hall–Kier alpha value is -2.11. The fourth-order valence-electron chi connectivity index (χ4n) is 3.06. The first-order valence-corrected chi connectivity index (χ1v) is 8.05. The van der Waals surface area contributed by atoms with Crippen LogP contribution in [-0.2, 0) is 23.7 Å². The standard InChI is InChI=1S/C18H23N3O5/c1-22-12-14-15(23-2)16(24-3)17(25-4)18(26-14,20-21-19)11-10-13-8-6-5-7-9-13/h5-9,14-17H,12H2,1-4H3/t14-,15-,16+,17-,18-/m1/s1. The molecule has 1 fully saturated rings. The lowest BCUT2D eigenvalue weighted by Crippen LogP contribution is -2.65. The molecule has 8 heteroatoms. The highest BCUT2D eigenvalue weighted by Crippen LogP contribution is 2.35. The normalized spacial score (nSPS) is 30.8. The number of azide groups is 1. The number of benzene rings is 1. The molecule has 5 atom stereocenters. The van der Waals surface area contributed by atoms with Gasteiger partial charge >= 0.3 is 0 Å². The number of hydrogen-bond acceptors (Lipinski definition) is 6. The Morgan fingerprint density at radius 3 is 2.35 bits per heavy atom. The Balaban J connectivity index is 2.53. The van der Waals surface area contributed by atoms with Crippen LogP contribution in [0.4, 0.5) is 0 Å². The molecule has 0 amide bonds. The fraction of sp³-hybridized carbons (Fsp3) is 0.556. The second kappa shape index (κ2) is 9.55. The van der Waals surface area contributed by atoms with Gasteiger partial charge in [0.25, 0.3) is 0 Å². The Morgan fingerprint density at radius 1 is 1.12 bits per heavy atom. The van der Waals surface area contributed by atoms with Crippen molar-refractivity contribution in [2.24, 2.45) is 5.11 Å². The molecule has 1 aromatic rings. The van der Waals surface area contributed by atoms with Gasteiger partial charge in [0.15, 0.2) is 0 Å². The van der Waals surface area contributed by atoms with Crippen molar-refractivity contribution in [1.82, 2.24) is 0 Å². The first-order valence-electron chi connectivity index (χ1n) is 8.05. The molecule has 1 aliphatic rings. The number of rotatable bonds is 6. The van der Waals surface area contributed by atoms with Crippen LogP contribution in [0, 0.1) is 11.8 Å². The average Bonchev–Trinajstić information content (AvgIpc) is 2.67. The van der Waals surface area contributed by atoms with Crippen molar-refractivity contribution in [3.8, 4) is 11.8 Å². The summed E-state index contributed by atoms with van der Waals surface area (Å²) < 4.78 is 28.0. The second-order valence-corrected chi connectivity index (χ2v) is 5.67. The van der Waals surface area contributed by atoms with Crippen LogP contribution in [0.5, 0.6) is 0 Å². The van der Waals surface area contributed by atoms with Crippen molar-refractivity contribution in [3.63, 3.8) is 0 Å². The first-order chi connectivity index (χ1) is 12.7. The smallest absolute Gasteiger partial charge is 0.237 e. The van der Waals surface area contributed by atoms with Gasteiger partial charge in [0.1, 0.15) is 24.4 Å². The van der Waals surface area contributed by atoms with Crippen molar-refractivity contribution >= 4 is 0 Å². The van der Waals surface area contributed by atoms with Gasteiger partial charge < -0.3 is 23.7 Å². The Morgan fingerprint density at radius 2 is 1.81 bits per heavy atom. The van der Waals surface area contributed by atoms with E-state index in [1.807, 2.05) is 30.3 Å². The van der Waals surface area contributed by atoms with E-state index in [9.17, 15) is 0 Å². The van der Waals surface area contributed by atoms with Crippen LogP contribution in [-0.4, -0.2) is 65.2 Å². The van der Waals surface area contributed by atoms with E-state index in [-0.39, 0.29) is 6.61 Å². The molecule has 0 bridgehead atoms. The van der Waals surface area contributed by atoms with Crippen molar-refractivity contribution < 1.29 is 23.7 Å². The molecule has 0 aliphatic carbocycles. The molecule has 1 aliphatic heterocycles. The molecule has 0 N–H and O–H groups in total. The van der Waals surface area contributed by atoms with Gasteiger partial charge in [-0.1, -0.05) is 30.0 Å². The molecule has 0 aromatic heterocycles. The molecule has 26 heavy (non-hydrogen) atoms. The second-order valence-electron chi connectivity index (χ2n) is 5.67. The number of nitrogens with zero attached hydrogens (tertiary/aromatic N) is 3. The van der Waals surface area contributed by atoms with E-state index in [2.05, 4.69) is 21.9 Å². The van der Waals surface area contributed by atoms with Gasteiger partial charge in [0, 0.05) is 38.9 Å². The predicted octanol–water partition coefficient (Wildman–Crippen LogP) is 2.13. The molecule has 1 saturated heterocycles. The van der Waals surface area contributed by atoms with Gasteiger partial charge in [-0.05, 0) is 22.8 Å². The molecule has 0 unspecified atom stereocenters. The van der Waals surface area contributed by atoms with E-state index < -0.39 is 30.1 Å². The van der Waals surface area contributed by atoms with Gasteiger partial charge in [-0.2, -0.15) is 0 Å². The van der Waals surface area contributed by atoms with Crippen molar-refractivity contribution in [3.05, 3.63) is 46.3 Å². The minimum absolute atomic E-state index is 0.213. The molecule has 140 valence electrons. The van der Waals surface area contributed by atoms with Crippen LogP contribution in [0.2, 0.25) is 0 Å². The van der Waals surface area contributed by atoms with E-state index in [0.717, 1.165) is 5.56 Å². The summed E-state index contributed by atoms with van der Waals surface area (Å²) in [6.07, 6.45) is -2.41. The molecule has 8 nitrogen and oxygen atoms in total. The number of methoxy groups -OCH3 is 4. The lowest BCUT2D eigenvalue weighted by molar-refractivity contribution is -0.270. The highest BCUT2D eigenvalue weighted by molar-refractivity contribution is 5.37. The highest BCUT2D eigenvalue weighted by Gasteiger charge is 2.55. The molecular formula is C18H23N3O5. The van der Waals surface area contributed by atoms with E-state index in [1.165, 1.54) is 14.2 Å². The van der Waals surface area contributed by atoms with Crippen molar-refractivity contribution in [2.45, 2.75) is 30.1 Å². The third-order valence-corrected chi connectivity index (χ3v) is 4.19. The fourth-order valence-corrected chi connectivity index (χ4v) is 3.06. The number of hydrogen-bond donors (Lipinski definition) is 0. The summed E-state index contributed by atoms with van der Waals surface area (Å²) in [7, 11) is 6.11. The summed E-state index contributed by atoms with van der Waals surface area (Å²) in [4.78, 5) is 2.94. The van der Waals surface area contributed by atoms with Gasteiger partial charge in [0.05, 0.1) is 6.61 Å². The van der Waals surface area contributed by atoms with Crippen LogP contribution in [0.15, 0.2) is 35.4 Å². The molecule has 0 spiro atoms. The monoisotopic (exact) mass is 361 g/mol. The van der Waals surface area contributed by atoms with E-state index >= 15 is 0 Å². The number of ether oxygens (including phenoxy) is 5. The molecule has 2 rings (SSSR count). The summed E-state index contributed by atoms with van der Waals surface area (Å²) >= 11 is 0. The van der Waals surface area contributed by atoms with Crippen LogP contribution in [0.3, 0.4) is 0 Å². The minimum atomic E-state index is -1.59. The largest absolute Gasteiger partial charge is 0.382 e. The molecule has 0 radical (unpaired) electrons. The predicted molar refractivity (Wildman–Crippen MR) is 94.3 cm³/mol. The zero-order chi connectivity index (χ0) is 19.0. The average molecular weight is 361 g/mol. The summed E-state index contributed by atoms with van der Waals surface area (Å²) in [5.41, 5.74) is 8.31. The highest BCUT2D eigenvalue weighted by atomic mass is 16.6. The Bertz CT molecular complexity index is 683. The van der Waals surface area contributed by atoms with Crippen molar-refractivity contribution in [1.29, 1.82) is 0 Å².